The van der Waals surface area contributed by atoms with E-state index in [1.165, 1.54) is 0 Å². The van der Waals surface area contributed by atoms with E-state index in [4.69, 9.17) is 4.42 Å². The lowest BCUT2D eigenvalue weighted by Crippen LogP contribution is -2.37. The van der Waals surface area contributed by atoms with Crippen molar-refractivity contribution in [1.29, 1.82) is 0 Å². The van der Waals surface area contributed by atoms with Crippen molar-refractivity contribution < 1.29 is 4.42 Å². The fourth-order valence-electron chi connectivity index (χ4n) is 1.63. The van der Waals surface area contributed by atoms with Crippen LogP contribution in [0.5, 0.6) is 0 Å². The maximum Gasteiger partial charge on any atom is 0.117 e. The minimum atomic E-state index is 0.598. The Kier molecular flexibility index (Phi) is 4.85. The third kappa shape index (κ3) is 4.06. The molecule has 1 unspecified atom stereocenters. The minimum absolute atomic E-state index is 0.598. The second-order valence-electron chi connectivity index (χ2n) is 4.17. The predicted octanol–water partition coefficient (Wildman–Crippen LogP) is 2.02. The molecule has 86 valence electrons. The summed E-state index contributed by atoms with van der Waals surface area (Å²) >= 11 is 0. The Labute approximate surface area is 92.5 Å². The van der Waals surface area contributed by atoms with Gasteiger partial charge in [0.25, 0.3) is 0 Å². The van der Waals surface area contributed by atoms with Crippen LogP contribution in [-0.2, 0) is 6.54 Å². The van der Waals surface area contributed by atoms with Gasteiger partial charge in [-0.3, -0.25) is 0 Å². The van der Waals surface area contributed by atoms with E-state index >= 15 is 0 Å². The molecule has 0 aliphatic heterocycles. The Morgan fingerprint density at radius 1 is 1.40 bits per heavy atom. The third-order valence-electron chi connectivity index (χ3n) is 2.68. The van der Waals surface area contributed by atoms with Crippen LogP contribution in [0.15, 0.2) is 16.5 Å². The first-order valence-electron chi connectivity index (χ1n) is 5.56. The highest BCUT2D eigenvalue weighted by Crippen LogP contribution is 2.05. The number of rotatable bonds is 6. The Bertz CT molecular complexity index is 281. The molecule has 0 amide bonds. The normalized spacial score (nSPS) is 13.4. The van der Waals surface area contributed by atoms with E-state index in [1.54, 1.807) is 0 Å². The lowest BCUT2D eigenvalue weighted by Gasteiger charge is -2.22. The number of furan rings is 1. The largest absolute Gasteiger partial charge is 0.465 e. The molecule has 1 atom stereocenters. The number of aryl methyl sites for hydroxylation is 1. The Balaban J connectivity index is 2.26. The second kappa shape index (κ2) is 5.93. The van der Waals surface area contributed by atoms with Gasteiger partial charge in [0.2, 0.25) is 0 Å². The van der Waals surface area contributed by atoms with E-state index in [1.807, 2.05) is 19.1 Å². The second-order valence-corrected chi connectivity index (χ2v) is 4.17. The van der Waals surface area contributed by atoms with Gasteiger partial charge in [-0.2, -0.15) is 0 Å². The summed E-state index contributed by atoms with van der Waals surface area (Å²) < 4.78 is 5.48. The van der Waals surface area contributed by atoms with Crippen LogP contribution in [0.25, 0.3) is 0 Å². The van der Waals surface area contributed by atoms with Gasteiger partial charge in [-0.25, -0.2) is 0 Å². The summed E-state index contributed by atoms with van der Waals surface area (Å²) in [5, 5.41) is 3.41. The van der Waals surface area contributed by atoms with Gasteiger partial charge >= 0.3 is 0 Å². The molecule has 0 aromatic carbocycles. The average molecular weight is 210 g/mol. The summed E-state index contributed by atoms with van der Waals surface area (Å²) in [6, 6.07) is 4.63. The molecule has 0 bridgehead atoms. The fourth-order valence-corrected chi connectivity index (χ4v) is 1.63. The molecule has 0 aliphatic carbocycles. The SMILES string of the molecule is CCC(CNCc1ccc(C)o1)N(C)C. The van der Waals surface area contributed by atoms with Crippen LogP contribution in [-0.4, -0.2) is 31.6 Å². The molecular formula is C12H22N2O. The van der Waals surface area contributed by atoms with Crippen molar-refractivity contribution in [2.75, 3.05) is 20.6 Å². The molecule has 1 N–H and O–H groups in total. The van der Waals surface area contributed by atoms with Gasteiger partial charge in [-0.1, -0.05) is 6.92 Å². The van der Waals surface area contributed by atoms with Crippen LogP contribution in [0.4, 0.5) is 0 Å². The smallest absolute Gasteiger partial charge is 0.117 e. The summed E-state index contributed by atoms with van der Waals surface area (Å²) in [6.45, 7) is 6.00. The molecule has 0 aliphatic rings. The van der Waals surface area contributed by atoms with Gasteiger partial charge in [0, 0.05) is 12.6 Å². The first-order chi connectivity index (χ1) is 7.13. The summed E-state index contributed by atoms with van der Waals surface area (Å²) in [7, 11) is 4.24. The summed E-state index contributed by atoms with van der Waals surface area (Å²) in [4.78, 5) is 2.25. The van der Waals surface area contributed by atoms with E-state index in [0.29, 0.717) is 6.04 Å². The van der Waals surface area contributed by atoms with Crippen molar-refractivity contribution >= 4 is 0 Å². The van der Waals surface area contributed by atoms with Crippen molar-refractivity contribution in [3.05, 3.63) is 23.7 Å². The van der Waals surface area contributed by atoms with Gasteiger partial charge in [0.1, 0.15) is 11.5 Å². The lowest BCUT2D eigenvalue weighted by atomic mass is 10.2. The minimum Gasteiger partial charge on any atom is -0.465 e. The molecule has 0 fully saturated rings. The molecule has 15 heavy (non-hydrogen) atoms. The zero-order valence-corrected chi connectivity index (χ0v) is 10.2. The van der Waals surface area contributed by atoms with E-state index in [9.17, 15) is 0 Å². The molecule has 1 heterocycles. The zero-order valence-electron chi connectivity index (χ0n) is 10.2. The van der Waals surface area contributed by atoms with E-state index in [0.717, 1.165) is 31.0 Å². The lowest BCUT2D eigenvalue weighted by molar-refractivity contribution is 0.273. The van der Waals surface area contributed by atoms with Gasteiger partial charge in [-0.15, -0.1) is 0 Å². The van der Waals surface area contributed by atoms with E-state index in [2.05, 4.69) is 31.2 Å². The van der Waals surface area contributed by atoms with Crippen LogP contribution >= 0.6 is 0 Å². The Hall–Kier alpha value is -0.800. The van der Waals surface area contributed by atoms with Crippen LogP contribution in [0.1, 0.15) is 24.9 Å². The van der Waals surface area contributed by atoms with Gasteiger partial charge in [0.05, 0.1) is 6.54 Å². The number of hydrogen-bond donors (Lipinski definition) is 1. The van der Waals surface area contributed by atoms with Crippen LogP contribution in [0, 0.1) is 6.92 Å². The van der Waals surface area contributed by atoms with Crippen molar-refractivity contribution in [1.82, 2.24) is 10.2 Å². The number of likely N-dealkylation sites (N-methyl/N-ethyl adjacent to an activating group) is 1. The molecule has 0 radical (unpaired) electrons. The molecule has 3 heteroatoms. The van der Waals surface area contributed by atoms with Crippen LogP contribution in [0.2, 0.25) is 0 Å². The van der Waals surface area contributed by atoms with Gasteiger partial charge in [-0.05, 0) is 39.6 Å². The van der Waals surface area contributed by atoms with Crippen molar-refractivity contribution in [3.8, 4) is 0 Å². The Morgan fingerprint density at radius 3 is 2.60 bits per heavy atom. The average Bonchev–Trinajstić information content (AvgIpc) is 2.58. The fraction of sp³-hybridized carbons (Fsp3) is 0.667. The molecule has 3 nitrogen and oxygen atoms in total. The molecule has 1 aromatic rings. The monoisotopic (exact) mass is 210 g/mol. The maximum atomic E-state index is 5.48. The molecular weight excluding hydrogens is 188 g/mol. The van der Waals surface area contributed by atoms with E-state index < -0.39 is 0 Å². The summed E-state index contributed by atoms with van der Waals surface area (Å²) in [6.07, 6.45) is 1.16. The Morgan fingerprint density at radius 2 is 2.13 bits per heavy atom. The zero-order chi connectivity index (χ0) is 11.3. The molecule has 0 spiro atoms. The molecule has 0 saturated heterocycles. The molecule has 1 aromatic heterocycles. The quantitative estimate of drug-likeness (QED) is 0.778. The predicted molar refractivity (Wildman–Crippen MR) is 62.9 cm³/mol. The van der Waals surface area contributed by atoms with Crippen LogP contribution in [0.3, 0.4) is 0 Å². The number of nitrogens with one attached hydrogen (secondary N) is 1. The molecule has 1 rings (SSSR count). The first-order valence-corrected chi connectivity index (χ1v) is 5.56. The highest BCUT2D eigenvalue weighted by atomic mass is 16.3. The topological polar surface area (TPSA) is 28.4 Å². The first kappa shape index (κ1) is 12.3. The van der Waals surface area contributed by atoms with Crippen molar-refractivity contribution in [2.24, 2.45) is 0 Å². The third-order valence-corrected chi connectivity index (χ3v) is 2.68. The van der Waals surface area contributed by atoms with E-state index in [-0.39, 0.29) is 0 Å². The molecule has 0 saturated carbocycles. The highest BCUT2D eigenvalue weighted by Gasteiger charge is 2.07. The highest BCUT2D eigenvalue weighted by molar-refractivity contribution is 5.05. The maximum absolute atomic E-state index is 5.48. The van der Waals surface area contributed by atoms with Crippen molar-refractivity contribution in [2.45, 2.75) is 32.9 Å². The van der Waals surface area contributed by atoms with Crippen molar-refractivity contribution in [3.63, 3.8) is 0 Å². The number of hydrogen-bond acceptors (Lipinski definition) is 3. The summed E-state index contributed by atoms with van der Waals surface area (Å²) in [5.41, 5.74) is 0. The summed E-state index contributed by atoms with van der Waals surface area (Å²) in [5.74, 6) is 1.99. The van der Waals surface area contributed by atoms with Gasteiger partial charge < -0.3 is 14.6 Å². The van der Waals surface area contributed by atoms with Crippen LogP contribution < -0.4 is 5.32 Å². The standard InChI is InChI=1S/C12H22N2O/c1-5-11(14(3)4)8-13-9-12-7-6-10(2)15-12/h6-7,11,13H,5,8-9H2,1-4H3. The number of nitrogens with zero attached hydrogens (tertiary/aromatic N) is 1. The van der Waals surface area contributed by atoms with Gasteiger partial charge in [0.15, 0.2) is 0 Å².